The molecule has 2 aromatic carbocycles. The first-order valence-corrected chi connectivity index (χ1v) is 16.8. The van der Waals surface area contributed by atoms with Crippen LogP contribution in [-0.4, -0.2) is 69.6 Å². The van der Waals surface area contributed by atoms with Crippen molar-refractivity contribution in [2.24, 2.45) is 17.8 Å². The smallest absolute Gasteiger partial charge is 0.306 e. The van der Waals surface area contributed by atoms with Gasteiger partial charge in [0, 0.05) is 42.7 Å². The van der Waals surface area contributed by atoms with Gasteiger partial charge in [0.25, 0.3) is 11.8 Å². The molecule has 2 aromatic rings. The fourth-order valence-corrected chi connectivity index (χ4v) is 6.26. The van der Waals surface area contributed by atoms with E-state index in [0.717, 1.165) is 18.9 Å². The van der Waals surface area contributed by atoms with E-state index in [9.17, 15) is 38.2 Å². The van der Waals surface area contributed by atoms with Crippen LogP contribution in [0.5, 0.6) is 0 Å². The Morgan fingerprint density at radius 1 is 0.915 bits per heavy atom. The van der Waals surface area contributed by atoms with Crippen LogP contribution < -0.4 is 5.43 Å². The number of aryl methyl sites for hydroxylation is 1. The van der Waals surface area contributed by atoms with Crippen LogP contribution in [0.2, 0.25) is 0 Å². The van der Waals surface area contributed by atoms with Gasteiger partial charge in [0.05, 0.1) is 12.0 Å². The van der Waals surface area contributed by atoms with Crippen LogP contribution >= 0.6 is 0 Å². The van der Waals surface area contributed by atoms with Crippen molar-refractivity contribution >= 4 is 23.7 Å². The molecule has 47 heavy (non-hydrogen) atoms. The predicted molar refractivity (Wildman–Crippen MR) is 174 cm³/mol. The van der Waals surface area contributed by atoms with Crippen molar-refractivity contribution in [3.8, 4) is 0 Å². The van der Waals surface area contributed by atoms with Gasteiger partial charge in [-0.25, -0.2) is 8.78 Å². The van der Waals surface area contributed by atoms with Crippen LogP contribution in [0.15, 0.2) is 42.5 Å². The average molecular weight is 658 g/mol. The zero-order chi connectivity index (χ0) is 34.5. The van der Waals surface area contributed by atoms with Crippen LogP contribution in [-0.2, 0) is 16.0 Å². The summed E-state index contributed by atoms with van der Waals surface area (Å²) < 4.78 is 27.2. The largest absolute Gasteiger partial charge is 0.481 e. The molecule has 1 aliphatic carbocycles. The molecule has 0 spiro atoms. The van der Waals surface area contributed by atoms with Crippen molar-refractivity contribution in [2.45, 2.75) is 91.1 Å². The van der Waals surface area contributed by atoms with Gasteiger partial charge in [0.15, 0.2) is 0 Å². The molecule has 11 heteroatoms. The van der Waals surface area contributed by atoms with Crippen LogP contribution in [0, 0.1) is 29.4 Å². The minimum Gasteiger partial charge on any atom is -0.481 e. The fraction of sp³-hybridized carbons (Fsp3) is 0.556. The molecule has 1 fully saturated rings. The topological polar surface area (TPSA) is 127 Å². The highest BCUT2D eigenvalue weighted by Gasteiger charge is 2.32. The van der Waals surface area contributed by atoms with Crippen LogP contribution in [0.1, 0.15) is 105 Å². The number of carboxylic acid groups (broad SMARTS) is 1. The highest BCUT2D eigenvalue weighted by Crippen LogP contribution is 2.30. The Kier molecular flexibility index (Phi) is 14.8. The molecule has 1 aliphatic rings. The second kappa shape index (κ2) is 18.5. The average Bonchev–Trinajstić information content (AvgIpc) is 3.05. The number of aliphatic carboxylic acids is 1. The van der Waals surface area contributed by atoms with Gasteiger partial charge in [0.1, 0.15) is 11.6 Å². The summed E-state index contributed by atoms with van der Waals surface area (Å²) >= 11 is 0. The maximum absolute atomic E-state index is 13.9. The summed E-state index contributed by atoms with van der Waals surface area (Å²) in [6.45, 7) is 7.16. The number of carbonyl (C=O) groups excluding carboxylic acids is 3. The monoisotopic (exact) mass is 657 g/mol. The summed E-state index contributed by atoms with van der Waals surface area (Å²) in [5.41, 5.74) is 3.75. The number of halogens is 2. The quantitative estimate of drug-likeness (QED) is 0.190. The third-order valence-corrected chi connectivity index (χ3v) is 8.87. The zero-order valence-electron chi connectivity index (χ0n) is 27.7. The molecule has 0 heterocycles. The molecule has 3 rings (SSSR count). The number of amides is 3. The lowest BCUT2D eigenvalue weighted by Crippen LogP contribution is -2.51. The van der Waals surface area contributed by atoms with E-state index in [4.69, 9.17) is 0 Å². The third kappa shape index (κ3) is 11.4. The summed E-state index contributed by atoms with van der Waals surface area (Å²) in [5.74, 6) is -4.49. The molecule has 0 bridgehead atoms. The fourth-order valence-electron chi connectivity index (χ4n) is 6.26. The Balaban J connectivity index is 1.76. The van der Waals surface area contributed by atoms with Gasteiger partial charge in [0.2, 0.25) is 5.91 Å². The molecule has 9 nitrogen and oxygen atoms in total. The van der Waals surface area contributed by atoms with Gasteiger partial charge in [-0.1, -0.05) is 26.8 Å². The maximum atomic E-state index is 13.9. The van der Waals surface area contributed by atoms with Gasteiger partial charge in [-0.05, 0) is 106 Å². The van der Waals surface area contributed by atoms with E-state index in [1.54, 1.807) is 23.1 Å². The number of carbonyl (C=O) groups is 4. The van der Waals surface area contributed by atoms with Gasteiger partial charge in [-0.15, -0.1) is 0 Å². The number of hydrazine groups is 1. The van der Waals surface area contributed by atoms with E-state index in [2.05, 4.69) is 5.43 Å². The van der Waals surface area contributed by atoms with Gasteiger partial charge in [-0.3, -0.25) is 29.6 Å². The van der Waals surface area contributed by atoms with Crippen molar-refractivity contribution in [1.29, 1.82) is 0 Å². The summed E-state index contributed by atoms with van der Waals surface area (Å²) in [6, 6.07) is 9.59. The normalized spacial score (nSPS) is 17.4. The van der Waals surface area contributed by atoms with Gasteiger partial charge >= 0.3 is 5.97 Å². The number of hydrogen-bond donors (Lipinski definition) is 3. The third-order valence-electron chi connectivity index (χ3n) is 8.87. The first kappa shape index (κ1) is 37.6. The Bertz CT molecular complexity index is 1340. The standard InChI is InChI=1S/C36H49F2N3O6/c1-4-16-40(17-5-2)34(44)29-9-7-8-28(20-29)33(43)39-41(23-24-10-13-27(14-11-24)36(46)47)35(45)26(6-3)21-32(42)15-12-25-18-30(37)22-31(38)19-25/h7-9,18-20,22,24,26-27,32,42H,4-6,10-17,21,23H2,1-3H3,(H,39,43)(H,46,47)/t24?,26-,27?,32+/m1/s1. The molecule has 3 amide bonds. The van der Waals surface area contributed by atoms with Gasteiger partial charge < -0.3 is 15.1 Å². The summed E-state index contributed by atoms with van der Waals surface area (Å²) in [6.07, 6.45) is 3.63. The first-order valence-electron chi connectivity index (χ1n) is 16.8. The molecule has 0 aromatic heterocycles. The molecule has 2 atom stereocenters. The maximum Gasteiger partial charge on any atom is 0.306 e. The minimum atomic E-state index is -0.935. The number of aliphatic hydroxyl groups is 1. The summed E-state index contributed by atoms with van der Waals surface area (Å²) in [5, 5.41) is 21.5. The van der Waals surface area contributed by atoms with Crippen LogP contribution in [0.25, 0.3) is 0 Å². The van der Waals surface area contributed by atoms with Crippen molar-refractivity contribution < 1.29 is 38.2 Å². The molecule has 0 radical (unpaired) electrons. The first-order chi connectivity index (χ1) is 22.4. The summed E-state index contributed by atoms with van der Waals surface area (Å²) in [4.78, 5) is 53.9. The lowest BCUT2D eigenvalue weighted by Gasteiger charge is -2.33. The molecule has 1 saturated carbocycles. The Morgan fingerprint density at radius 2 is 1.53 bits per heavy atom. The second-order valence-corrected chi connectivity index (χ2v) is 12.6. The highest BCUT2D eigenvalue weighted by atomic mass is 19.1. The molecule has 3 N–H and O–H groups in total. The van der Waals surface area contributed by atoms with E-state index >= 15 is 0 Å². The molecule has 258 valence electrons. The van der Waals surface area contributed by atoms with E-state index in [1.165, 1.54) is 23.2 Å². The number of carboxylic acids is 1. The lowest BCUT2D eigenvalue weighted by molar-refractivity contribution is -0.144. The van der Waals surface area contributed by atoms with Crippen LogP contribution in [0.3, 0.4) is 0 Å². The Labute approximate surface area is 276 Å². The van der Waals surface area contributed by atoms with Gasteiger partial charge in [-0.2, -0.15) is 0 Å². The van der Waals surface area contributed by atoms with Crippen molar-refractivity contribution in [3.63, 3.8) is 0 Å². The summed E-state index contributed by atoms with van der Waals surface area (Å²) in [7, 11) is 0. The number of rotatable bonds is 16. The number of hydrogen-bond acceptors (Lipinski definition) is 5. The van der Waals surface area contributed by atoms with E-state index in [0.29, 0.717) is 56.3 Å². The van der Waals surface area contributed by atoms with E-state index < -0.39 is 41.5 Å². The number of benzene rings is 2. The Hall–Kier alpha value is -3.86. The SMILES string of the molecule is CCCN(CCC)C(=O)c1cccc(C(=O)NN(CC2CCC(C(=O)O)CC2)C(=O)[C@H](CC)C[C@@H](O)CCc2cc(F)cc(F)c2)c1. The predicted octanol–water partition coefficient (Wildman–Crippen LogP) is 6.00. The molecular formula is C36H49F2N3O6. The lowest BCUT2D eigenvalue weighted by atomic mass is 9.82. The number of nitrogens with zero attached hydrogens (tertiary/aromatic N) is 2. The molecular weight excluding hydrogens is 608 g/mol. The number of nitrogens with one attached hydrogen (secondary N) is 1. The Morgan fingerprint density at radius 3 is 2.11 bits per heavy atom. The molecule has 0 unspecified atom stereocenters. The number of aliphatic hydroxyl groups excluding tert-OH is 1. The van der Waals surface area contributed by atoms with Crippen molar-refractivity contribution in [2.75, 3.05) is 19.6 Å². The van der Waals surface area contributed by atoms with E-state index in [-0.39, 0.29) is 49.1 Å². The van der Waals surface area contributed by atoms with Crippen molar-refractivity contribution in [1.82, 2.24) is 15.3 Å². The van der Waals surface area contributed by atoms with Crippen LogP contribution in [0.4, 0.5) is 8.78 Å². The highest BCUT2D eigenvalue weighted by molar-refractivity contribution is 6.00. The van der Waals surface area contributed by atoms with Crippen molar-refractivity contribution in [3.05, 3.63) is 70.8 Å². The van der Waals surface area contributed by atoms with E-state index in [1.807, 2.05) is 20.8 Å². The second-order valence-electron chi connectivity index (χ2n) is 12.6. The molecule has 0 saturated heterocycles. The zero-order valence-corrected chi connectivity index (χ0v) is 27.7. The minimum absolute atomic E-state index is 0.0373. The molecule has 0 aliphatic heterocycles.